The fraction of sp³-hybridized carbons (Fsp3) is 0.900. The third-order valence-corrected chi connectivity index (χ3v) is 2.73. The monoisotopic (exact) mass is 229 g/mol. The average molecular weight is 229 g/mol. The number of nitrogens with zero attached hydrogens (tertiary/aromatic N) is 1. The topological polar surface area (TPSA) is 91.9 Å². The maximum atomic E-state index is 9.89. The van der Waals surface area contributed by atoms with Crippen LogP contribution >= 0.6 is 0 Å². The molecule has 0 radical (unpaired) electrons. The van der Waals surface area contributed by atoms with E-state index in [0.29, 0.717) is 0 Å². The first-order valence-electron chi connectivity index (χ1n) is 5.19. The molecule has 16 heavy (non-hydrogen) atoms. The minimum absolute atomic E-state index is 0.0927. The van der Waals surface area contributed by atoms with Crippen molar-refractivity contribution in [1.29, 1.82) is 5.26 Å². The van der Waals surface area contributed by atoms with Crippen LogP contribution in [0.25, 0.3) is 0 Å². The van der Waals surface area contributed by atoms with Crippen LogP contribution in [0, 0.1) is 11.3 Å². The highest BCUT2D eigenvalue weighted by Gasteiger charge is 2.55. The number of rotatable bonds is 2. The average Bonchev–Trinajstić information content (AvgIpc) is 2.62. The van der Waals surface area contributed by atoms with Crippen molar-refractivity contribution in [3.63, 3.8) is 0 Å². The predicted molar refractivity (Wildman–Crippen MR) is 50.9 cm³/mol. The first-order chi connectivity index (χ1) is 7.44. The number of hydrogen-bond acceptors (Lipinski definition) is 6. The Morgan fingerprint density at radius 3 is 2.69 bits per heavy atom. The second-order valence-electron chi connectivity index (χ2n) is 4.49. The Balaban J connectivity index is 2.03. The number of aliphatic hydroxyl groups is 2. The molecule has 0 saturated carbocycles. The highest BCUT2D eigenvalue weighted by Crippen LogP contribution is 2.38. The molecule has 0 amide bonds. The van der Waals surface area contributed by atoms with Crippen LogP contribution in [0.15, 0.2) is 0 Å². The van der Waals surface area contributed by atoms with Crippen molar-refractivity contribution in [1.82, 2.24) is 0 Å². The van der Waals surface area contributed by atoms with Crippen LogP contribution < -0.4 is 0 Å². The van der Waals surface area contributed by atoms with Crippen LogP contribution in [0.2, 0.25) is 0 Å². The Morgan fingerprint density at radius 1 is 1.44 bits per heavy atom. The number of nitriles is 1. The van der Waals surface area contributed by atoms with Crippen LogP contribution in [0.3, 0.4) is 0 Å². The molecule has 6 nitrogen and oxygen atoms in total. The van der Waals surface area contributed by atoms with E-state index in [0.717, 1.165) is 0 Å². The minimum atomic E-state index is -1.03. The third-order valence-electron chi connectivity index (χ3n) is 2.73. The number of fused-ring (bicyclic) bond motifs is 1. The Labute approximate surface area is 93.3 Å². The van der Waals surface area contributed by atoms with Crippen molar-refractivity contribution >= 4 is 0 Å². The first-order valence-corrected chi connectivity index (χ1v) is 5.19. The molecule has 0 bridgehead atoms. The molecule has 2 N–H and O–H groups in total. The largest absolute Gasteiger partial charge is 0.389 e. The summed E-state index contributed by atoms with van der Waals surface area (Å²) < 4.78 is 16.2. The fourth-order valence-corrected chi connectivity index (χ4v) is 2.04. The first kappa shape index (κ1) is 11.8. The zero-order chi connectivity index (χ0) is 11.9. The maximum Gasteiger partial charge on any atom is 0.190 e. The Bertz CT molecular complexity index is 313. The van der Waals surface area contributed by atoms with Crippen molar-refractivity contribution < 1.29 is 24.4 Å². The van der Waals surface area contributed by atoms with Gasteiger partial charge >= 0.3 is 0 Å². The van der Waals surface area contributed by atoms with Gasteiger partial charge in [-0.1, -0.05) is 0 Å². The van der Waals surface area contributed by atoms with Crippen molar-refractivity contribution in [2.45, 2.75) is 56.8 Å². The summed E-state index contributed by atoms with van der Waals surface area (Å²) in [5.41, 5.74) is 0. The van der Waals surface area contributed by atoms with Gasteiger partial charge in [-0.25, -0.2) is 0 Å². The summed E-state index contributed by atoms with van der Waals surface area (Å²) in [7, 11) is 0. The number of ether oxygens (including phenoxy) is 3. The van der Waals surface area contributed by atoms with E-state index in [1.807, 2.05) is 6.07 Å². The molecule has 2 fully saturated rings. The lowest BCUT2D eigenvalue weighted by molar-refractivity contribution is -0.225. The lowest BCUT2D eigenvalue weighted by Gasteiger charge is -2.24. The molecule has 2 rings (SSSR count). The summed E-state index contributed by atoms with van der Waals surface area (Å²) in [6.07, 6.45) is -4.21. The summed E-state index contributed by atoms with van der Waals surface area (Å²) in [6, 6.07) is 1.82. The van der Waals surface area contributed by atoms with Gasteiger partial charge in [0, 0.05) is 0 Å². The lowest BCUT2D eigenvalue weighted by atomic mass is 10.0. The van der Waals surface area contributed by atoms with E-state index in [9.17, 15) is 10.2 Å². The van der Waals surface area contributed by atoms with Gasteiger partial charge in [0.1, 0.15) is 18.3 Å². The quantitative estimate of drug-likeness (QED) is 0.663. The smallest absolute Gasteiger partial charge is 0.190 e. The van der Waals surface area contributed by atoms with E-state index in [1.165, 1.54) is 0 Å². The SMILES string of the molecule is CC1(C)O[C@H]2O[C@@H]([C@H](O)CC#N)[C@@H](O)[C@H]2O1. The van der Waals surface area contributed by atoms with Gasteiger partial charge in [-0.3, -0.25) is 0 Å². The predicted octanol–water partition coefficient (Wildman–Crippen LogP) is -0.502. The van der Waals surface area contributed by atoms with Gasteiger partial charge in [0.15, 0.2) is 12.1 Å². The molecule has 2 aliphatic heterocycles. The van der Waals surface area contributed by atoms with E-state index >= 15 is 0 Å². The molecule has 0 unspecified atom stereocenters. The summed E-state index contributed by atoms with van der Waals surface area (Å²) >= 11 is 0. The van der Waals surface area contributed by atoms with Crippen molar-refractivity contribution in [2.75, 3.05) is 0 Å². The summed E-state index contributed by atoms with van der Waals surface area (Å²) in [4.78, 5) is 0. The van der Waals surface area contributed by atoms with Gasteiger partial charge in [0.25, 0.3) is 0 Å². The summed E-state index contributed by atoms with van der Waals surface area (Å²) in [5, 5.41) is 27.9. The second kappa shape index (κ2) is 3.95. The Hall–Kier alpha value is -0.710. The number of aliphatic hydroxyl groups excluding tert-OH is 2. The van der Waals surface area contributed by atoms with Gasteiger partial charge in [0.05, 0.1) is 18.6 Å². The molecule has 6 heteroatoms. The van der Waals surface area contributed by atoms with Crippen LogP contribution in [-0.4, -0.2) is 46.7 Å². The summed E-state index contributed by atoms with van der Waals surface area (Å²) in [6.45, 7) is 3.45. The van der Waals surface area contributed by atoms with Gasteiger partial charge in [-0.05, 0) is 13.8 Å². The Morgan fingerprint density at radius 2 is 2.12 bits per heavy atom. The minimum Gasteiger partial charge on any atom is -0.389 e. The third kappa shape index (κ3) is 1.93. The van der Waals surface area contributed by atoms with Crippen LogP contribution in [0.1, 0.15) is 20.3 Å². The molecule has 90 valence electrons. The van der Waals surface area contributed by atoms with Crippen LogP contribution in [0.4, 0.5) is 0 Å². The van der Waals surface area contributed by atoms with Gasteiger partial charge in [-0.2, -0.15) is 5.26 Å². The lowest BCUT2D eigenvalue weighted by Crippen LogP contribution is -2.40. The highest BCUT2D eigenvalue weighted by atomic mass is 16.8. The van der Waals surface area contributed by atoms with Crippen LogP contribution in [-0.2, 0) is 14.2 Å². The highest BCUT2D eigenvalue weighted by molar-refractivity contribution is 4.97. The number of hydrogen-bond donors (Lipinski definition) is 2. The molecule has 0 aromatic rings. The standard InChI is InChI=1S/C10H15NO5/c1-10(2)15-8-6(13)7(5(12)3-4-11)14-9(8)16-10/h5-9,12-13H,3H2,1-2H3/t5-,6-,7+,8-,9-/m1/s1. The zero-order valence-corrected chi connectivity index (χ0v) is 9.16. The Kier molecular flexibility index (Phi) is 2.90. The normalized spacial score (nSPS) is 42.7. The van der Waals surface area contributed by atoms with Gasteiger partial charge < -0.3 is 24.4 Å². The molecule has 0 aromatic heterocycles. The molecule has 0 aromatic carbocycles. The van der Waals surface area contributed by atoms with Gasteiger partial charge in [0.2, 0.25) is 0 Å². The molecule has 0 spiro atoms. The zero-order valence-electron chi connectivity index (χ0n) is 9.16. The second-order valence-corrected chi connectivity index (χ2v) is 4.49. The van der Waals surface area contributed by atoms with Gasteiger partial charge in [-0.15, -0.1) is 0 Å². The fourth-order valence-electron chi connectivity index (χ4n) is 2.04. The maximum absolute atomic E-state index is 9.89. The molecule has 5 atom stereocenters. The van der Waals surface area contributed by atoms with Crippen molar-refractivity contribution in [3.8, 4) is 6.07 Å². The molecule has 2 saturated heterocycles. The van der Waals surface area contributed by atoms with E-state index in [1.54, 1.807) is 13.8 Å². The molecule has 2 heterocycles. The molecule has 0 aliphatic carbocycles. The molecule has 2 aliphatic rings. The molecular formula is C10H15NO5. The van der Waals surface area contributed by atoms with Crippen molar-refractivity contribution in [2.24, 2.45) is 0 Å². The van der Waals surface area contributed by atoms with E-state index in [2.05, 4.69) is 0 Å². The molecular weight excluding hydrogens is 214 g/mol. The van der Waals surface area contributed by atoms with Crippen LogP contribution in [0.5, 0.6) is 0 Å². The van der Waals surface area contributed by atoms with E-state index in [4.69, 9.17) is 19.5 Å². The van der Waals surface area contributed by atoms with E-state index < -0.39 is 36.5 Å². The van der Waals surface area contributed by atoms with E-state index in [-0.39, 0.29) is 6.42 Å². The summed E-state index contributed by atoms with van der Waals surface area (Å²) in [5.74, 6) is -0.790. The van der Waals surface area contributed by atoms with Crippen molar-refractivity contribution in [3.05, 3.63) is 0 Å².